The molecule has 2 aromatic carbocycles. The van der Waals surface area contributed by atoms with E-state index < -0.39 is 0 Å². The maximum Gasteiger partial charge on any atom is 0.156 e. The number of nitrogens with zero attached hydrogens (tertiary/aromatic N) is 2. The molecule has 0 bridgehead atoms. The van der Waals surface area contributed by atoms with E-state index in [1.54, 1.807) is 0 Å². The third-order valence-corrected chi connectivity index (χ3v) is 5.95. The summed E-state index contributed by atoms with van der Waals surface area (Å²) in [5, 5.41) is 0. The number of alkyl halides is 2. The van der Waals surface area contributed by atoms with E-state index >= 15 is 0 Å². The quantitative estimate of drug-likeness (QED) is 0.372. The molecule has 3 rings (SSSR count). The predicted molar refractivity (Wildman–Crippen MR) is 103 cm³/mol. The summed E-state index contributed by atoms with van der Waals surface area (Å²) in [6.45, 7) is 2.13. The average molecular weight is 423 g/mol. The smallest absolute Gasteiger partial charge is 0.156 e. The summed E-state index contributed by atoms with van der Waals surface area (Å²) in [5.74, 6) is 0.924. The van der Waals surface area contributed by atoms with E-state index in [-0.39, 0.29) is 15.3 Å². The maximum atomic E-state index is 6.50. The maximum absolute atomic E-state index is 6.50. The number of aliphatic imine (C=N–C) groups is 2. The van der Waals surface area contributed by atoms with E-state index in [2.05, 4.69) is 46.6 Å². The van der Waals surface area contributed by atoms with Crippen molar-refractivity contribution in [2.45, 2.75) is 16.3 Å². The Kier molecular flexibility index (Phi) is 4.93. The Morgan fingerprint density at radius 3 is 2.05 bits per heavy atom. The van der Waals surface area contributed by atoms with Gasteiger partial charge in [-0.2, -0.15) is 0 Å². The fourth-order valence-corrected chi connectivity index (χ4v) is 3.76. The number of benzene rings is 2. The van der Waals surface area contributed by atoms with Crippen LogP contribution in [0.2, 0.25) is 0 Å². The minimum atomic E-state index is -0.276. The van der Waals surface area contributed by atoms with Gasteiger partial charge in [0.05, 0.1) is 9.64 Å². The molecule has 0 saturated heterocycles. The van der Waals surface area contributed by atoms with Crippen LogP contribution in [0.5, 0.6) is 0 Å². The van der Waals surface area contributed by atoms with Crippen LogP contribution in [0, 0.1) is 5.92 Å². The molecule has 2 aromatic rings. The van der Waals surface area contributed by atoms with Crippen molar-refractivity contribution >= 4 is 45.7 Å². The Balaban J connectivity index is 2.11. The highest BCUT2D eigenvalue weighted by Crippen LogP contribution is 2.29. The number of amidine groups is 1. The van der Waals surface area contributed by atoms with E-state index in [1.807, 2.05) is 48.5 Å². The largest absolute Gasteiger partial charge is 0.246 e. The van der Waals surface area contributed by atoms with Gasteiger partial charge in [0, 0.05) is 11.5 Å². The average Bonchev–Trinajstić information content (AvgIpc) is 2.68. The van der Waals surface area contributed by atoms with Crippen LogP contribution in [0.3, 0.4) is 0 Å². The molecule has 22 heavy (non-hydrogen) atoms. The zero-order valence-electron chi connectivity index (χ0n) is 12.2. The molecule has 0 amide bonds. The Morgan fingerprint density at radius 1 is 0.909 bits per heavy atom. The van der Waals surface area contributed by atoms with Crippen molar-refractivity contribution in [3.63, 3.8) is 0 Å². The van der Waals surface area contributed by atoms with Crippen LogP contribution < -0.4 is 0 Å². The normalized spacial score (nSPS) is 25.1. The molecule has 112 valence electrons. The molecule has 1 heterocycles. The van der Waals surface area contributed by atoms with Crippen molar-refractivity contribution in [2.75, 3.05) is 0 Å². The van der Waals surface area contributed by atoms with Gasteiger partial charge in [0.2, 0.25) is 0 Å². The second-order valence-corrected chi connectivity index (χ2v) is 7.10. The van der Waals surface area contributed by atoms with E-state index in [0.29, 0.717) is 5.84 Å². The molecule has 3 atom stereocenters. The molecule has 1 aliphatic rings. The Morgan fingerprint density at radius 2 is 1.45 bits per heavy atom. The molecule has 0 saturated carbocycles. The summed E-state index contributed by atoms with van der Waals surface area (Å²) in [7, 11) is 0. The molecule has 0 spiro atoms. The zero-order chi connectivity index (χ0) is 15.5. The molecule has 3 unspecified atom stereocenters. The van der Waals surface area contributed by atoms with Crippen LogP contribution in [0.1, 0.15) is 18.1 Å². The molecule has 0 radical (unpaired) electrons. The van der Waals surface area contributed by atoms with Crippen molar-refractivity contribution in [3.8, 4) is 0 Å². The highest BCUT2D eigenvalue weighted by molar-refractivity contribution is 14.1. The lowest BCUT2D eigenvalue weighted by atomic mass is 9.99. The Bertz CT molecular complexity index is 698. The van der Waals surface area contributed by atoms with Gasteiger partial charge in [0.15, 0.2) is 5.84 Å². The van der Waals surface area contributed by atoms with Crippen LogP contribution in [0.25, 0.3) is 0 Å². The summed E-state index contributed by atoms with van der Waals surface area (Å²) >= 11 is 8.93. The van der Waals surface area contributed by atoms with E-state index in [0.717, 1.165) is 16.8 Å². The highest BCUT2D eigenvalue weighted by Gasteiger charge is 2.30. The molecule has 1 aliphatic heterocycles. The van der Waals surface area contributed by atoms with Gasteiger partial charge in [-0.3, -0.25) is 0 Å². The van der Waals surface area contributed by atoms with Gasteiger partial charge in [-0.1, -0.05) is 102 Å². The van der Waals surface area contributed by atoms with Gasteiger partial charge in [-0.05, 0) is 5.56 Å². The number of hydrogen-bond acceptors (Lipinski definition) is 2. The lowest BCUT2D eigenvalue weighted by Gasteiger charge is -2.19. The molecular weight excluding hydrogens is 407 g/mol. The molecule has 2 nitrogen and oxygen atoms in total. The number of hydrogen-bond donors (Lipinski definition) is 0. The van der Waals surface area contributed by atoms with Gasteiger partial charge in [0.25, 0.3) is 0 Å². The second kappa shape index (κ2) is 6.92. The van der Waals surface area contributed by atoms with Crippen molar-refractivity contribution < 1.29 is 0 Å². The molecule has 4 heteroatoms. The van der Waals surface area contributed by atoms with Crippen LogP contribution in [-0.4, -0.2) is 21.0 Å². The van der Waals surface area contributed by atoms with Crippen LogP contribution in [0.4, 0.5) is 0 Å². The third-order valence-electron chi connectivity index (χ3n) is 3.73. The number of rotatable bonds is 2. The summed E-state index contributed by atoms with van der Waals surface area (Å²) in [4.78, 5) is 9.52. The summed E-state index contributed by atoms with van der Waals surface area (Å²) < 4.78 is 0.215. The van der Waals surface area contributed by atoms with Crippen molar-refractivity contribution in [1.29, 1.82) is 0 Å². The first kappa shape index (κ1) is 15.7. The Hall–Kier alpha value is -1.20. The summed E-state index contributed by atoms with van der Waals surface area (Å²) in [6.07, 6.45) is 0. The lowest BCUT2D eigenvalue weighted by molar-refractivity contribution is 0.607. The summed E-state index contributed by atoms with van der Waals surface area (Å²) in [5.41, 5.74) is 2.89. The highest BCUT2D eigenvalue weighted by atomic mass is 127. The topological polar surface area (TPSA) is 24.7 Å². The van der Waals surface area contributed by atoms with Crippen molar-refractivity contribution in [3.05, 3.63) is 71.8 Å². The first-order valence-corrected chi connectivity index (χ1v) is 8.90. The predicted octanol–water partition coefficient (Wildman–Crippen LogP) is 4.94. The van der Waals surface area contributed by atoms with Crippen LogP contribution in [-0.2, 0) is 0 Å². The first-order chi connectivity index (χ1) is 10.7. The standard InChI is InChI=1S/C18H16ClIN2/c1-12-15(20)16(13-8-4-2-5-9-13)21-18(22-17(12)19)14-10-6-3-7-11-14/h2-12,15,17H,1H3. The van der Waals surface area contributed by atoms with Gasteiger partial charge in [0.1, 0.15) is 5.50 Å². The fraction of sp³-hybridized carbons (Fsp3) is 0.222. The second-order valence-electron chi connectivity index (χ2n) is 5.32. The van der Waals surface area contributed by atoms with Gasteiger partial charge >= 0.3 is 0 Å². The minimum absolute atomic E-state index is 0.211. The lowest BCUT2D eigenvalue weighted by Crippen LogP contribution is -2.26. The molecular formula is C18H16ClIN2. The Labute approximate surface area is 149 Å². The van der Waals surface area contributed by atoms with E-state index in [9.17, 15) is 0 Å². The summed E-state index contributed by atoms with van der Waals surface area (Å²) in [6, 6.07) is 20.3. The number of halogens is 2. The van der Waals surface area contributed by atoms with Gasteiger partial charge < -0.3 is 0 Å². The monoisotopic (exact) mass is 422 g/mol. The van der Waals surface area contributed by atoms with E-state index in [4.69, 9.17) is 16.6 Å². The van der Waals surface area contributed by atoms with Gasteiger partial charge in [-0.25, -0.2) is 9.98 Å². The molecule has 0 aliphatic carbocycles. The molecule has 0 N–H and O–H groups in total. The molecule has 0 fully saturated rings. The minimum Gasteiger partial charge on any atom is -0.246 e. The molecule has 0 aromatic heterocycles. The SMILES string of the molecule is CC1C(Cl)N=C(c2ccccc2)N=C(c2ccccc2)C1I. The van der Waals surface area contributed by atoms with Crippen LogP contribution >= 0.6 is 34.2 Å². The van der Waals surface area contributed by atoms with E-state index in [1.165, 1.54) is 0 Å². The fourth-order valence-electron chi connectivity index (χ4n) is 2.39. The third kappa shape index (κ3) is 3.25. The van der Waals surface area contributed by atoms with Crippen molar-refractivity contribution in [1.82, 2.24) is 0 Å². The van der Waals surface area contributed by atoms with Gasteiger partial charge in [-0.15, -0.1) is 0 Å². The van der Waals surface area contributed by atoms with Crippen LogP contribution in [0.15, 0.2) is 70.6 Å². The zero-order valence-corrected chi connectivity index (χ0v) is 15.1. The first-order valence-electron chi connectivity index (χ1n) is 7.22. The van der Waals surface area contributed by atoms with Crippen molar-refractivity contribution in [2.24, 2.45) is 15.9 Å².